The van der Waals surface area contributed by atoms with Crippen molar-refractivity contribution in [1.29, 1.82) is 0 Å². The summed E-state index contributed by atoms with van der Waals surface area (Å²) in [7, 11) is 3.25. The molecule has 0 heterocycles. The average Bonchev–Trinajstić information content (AvgIpc) is 2.88. The van der Waals surface area contributed by atoms with Crippen LogP contribution in [-0.2, 0) is 4.79 Å². The number of hydrogen-bond donors (Lipinski definition) is 0. The number of ketones is 1. The van der Waals surface area contributed by atoms with Gasteiger partial charge in [0.1, 0.15) is 0 Å². The molecular weight excluding hydrogens is 576 g/mol. The van der Waals surface area contributed by atoms with Crippen molar-refractivity contribution in [2.75, 3.05) is 38.1 Å². The molecule has 7 heteroatoms. The second-order valence-electron chi connectivity index (χ2n) is 8.12. The van der Waals surface area contributed by atoms with Crippen LogP contribution in [-0.4, -0.2) is 43.9 Å². The third kappa shape index (κ3) is 7.87. The quantitative estimate of drug-likeness (QED) is 0.144. The molecule has 188 valence electrons. The van der Waals surface area contributed by atoms with Crippen LogP contribution in [0.15, 0.2) is 47.5 Å². The van der Waals surface area contributed by atoms with E-state index in [4.69, 9.17) is 18.9 Å². The molecule has 5 nitrogen and oxygen atoms in total. The highest BCUT2D eigenvalue weighted by Gasteiger charge is 2.21. The third-order valence-electron chi connectivity index (χ3n) is 5.60. The third-order valence-corrected chi connectivity index (χ3v) is 6.73. The van der Waals surface area contributed by atoms with Crippen LogP contribution in [0, 0.1) is 0 Å². The van der Waals surface area contributed by atoms with Crippen LogP contribution in [0.4, 0.5) is 0 Å². The topological polar surface area (TPSA) is 54.0 Å². The van der Waals surface area contributed by atoms with E-state index in [9.17, 15) is 4.79 Å². The van der Waals surface area contributed by atoms with Crippen LogP contribution in [0.2, 0.25) is 0 Å². The fourth-order valence-corrected chi connectivity index (χ4v) is 4.30. The summed E-state index contributed by atoms with van der Waals surface area (Å²) in [6.07, 6.45) is 8.19. The van der Waals surface area contributed by atoms with Gasteiger partial charge in [0.2, 0.25) is 0 Å². The Morgan fingerprint density at radius 1 is 0.743 bits per heavy atom. The Hall–Kier alpha value is -2.25. The lowest BCUT2D eigenvalue weighted by atomic mass is 9.87. The van der Waals surface area contributed by atoms with Gasteiger partial charge in [-0.15, -0.1) is 0 Å². The predicted molar refractivity (Wildman–Crippen MR) is 149 cm³/mol. The van der Waals surface area contributed by atoms with Crippen LogP contribution >= 0.6 is 31.9 Å². The lowest BCUT2D eigenvalue weighted by molar-refractivity contribution is -0.112. The standard InChI is InChI=1S/C28H32Br2O5/c1-32-26-18-20(8-10-24(26)34-14-4-12-29)16-22-6-3-7-23(28(22)31)17-21-9-11-25(27(19-21)33-2)35-15-5-13-30/h8-11,16-19H,3-7,12-15H2,1-2H3. The predicted octanol–water partition coefficient (Wildman–Crippen LogP) is 7.25. The maximum atomic E-state index is 13.3. The summed E-state index contributed by atoms with van der Waals surface area (Å²) in [5.74, 6) is 2.83. The van der Waals surface area contributed by atoms with Gasteiger partial charge in [0.15, 0.2) is 28.8 Å². The maximum absolute atomic E-state index is 13.3. The highest BCUT2D eigenvalue weighted by molar-refractivity contribution is 9.09. The fourth-order valence-electron chi connectivity index (χ4n) is 3.84. The largest absolute Gasteiger partial charge is 0.493 e. The molecule has 1 fully saturated rings. The monoisotopic (exact) mass is 606 g/mol. The van der Waals surface area contributed by atoms with Crippen molar-refractivity contribution >= 4 is 49.8 Å². The minimum atomic E-state index is 0.0875. The van der Waals surface area contributed by atoms with Crippen LogP contribution in [0.5, 0.6) is 23.0 Å². The number of hydrogen-bond acceptors (Lipinski definition) is 5. The SMILES string of the molecule is COc1cc(C=C2CCCC(=Cc3ccc(OCCCBr)c(OC)c3)C2=O)ccc1OCCCBr. The van der Waals surface area contributed by atoms with E-state index in [0.29, 0.717) is 36.2 Å². The first-order valence-electron chi connectivity index (χ1n) is 11.8. The van der Waals surface area contributed by atoms with E-state index in [0.717, 1.165) is 65.0 Å². The minimum Gasteiger partial charge on any atom is -0.493 e. The zero-order valence-corrected chi connectivity index (χ0v) is 23.5. The van der Waals surface area contributed by atoms with Crippen LogP contribution in [0.3, 0.4) is 0 Å². The maximum Gasteiger partial charge on any atom is 0.185 e. The van der Waals surface area contributed by atoms with Gasteiger partial charge in [0, 0.05) is 21.8 Å². The van der Waals surface area contributed by atoms with E-state index >= 15 is 0 Å². The molecule has 0 unspecified atom stereocenters. The van der Waals surface area contributed by atoms with Crippen molar-refractivity contribution in [2.24, 2.45) is 0 Å². The number of benzene rings is 2. The highest BCUT2D eigenvalue weighted by atomic mass is 79.9. The number of allylic oxidation sites excluding steroid dienone is 2. The van der Waals surface area contributed by atoms with E-state index in [-0.39, 0.29) is 5.78 Å². The summed E-state index contributed by atoms with van der Waals surface area (Å²) in [6.45, 7) is 1.23. The fraction of sp³-hybridized carbons (Fsp3) is 0.393. The van der Waals surface area contributed by atoms with E-state index in [1.807, 2.05) is 48.6 Å². The summed E-state index contributed by atoms with van der Waals surface area (Å²) < 4.78 is 22.6. The lowest BCUT2D eigenvalue weighted by Crippen LogP contribution is -2.12. The number of methoxy groups -OCH3 is 2. The lowest BCUT2D eigenvalue weighted by Gasteiger charge is -2.17. The molecule has 0 N–H and O–H groups in total. The first kappa shape index (κ1) is 27.3. The van der Waals surface area contributed by atoms with Gasteiger partial charge in [-0.05, 0) is 79.6 Å². The van der Waals surface area contributed by atoms with Gasteiger partial charge in [-0.2, -0.15) is 0 Å². The molecule has 2 aromatic rings. The normalized spacial score (nSPS) is 15.9. The van der Waals surface area contributed by atoms with Crippen molar-refractivity contribution in [2.45, 2.75) is 32.1 Å². The second kappa shape index (κ2) is 14.3. The van der Waals surface area contributed by atoms with E-state index in [1.54, 1.807) is 14.2 Å². The second-order valence-corrected chi connectivity index (χ2v) is 9.71. The molecule has 3 rings (SSSR count). The van der Waals surface area contributed by atoms with Crippen molar-refractivity contribution in [3.63, 3.8) is 0 Å². The van der Waals surface area contributed by atoms with Gasteiger partial charge in [-0.3, -0.25) is 4.79 Å². The average molecular weight is 608 g/mol. The Kier molecular flexibility index (Phi) is 11.2. The van der Waals surface area contributed by atoms with Crippen LogP contribution in [0.1, 0.15) is 43.2 Å². The van der Waals surface area contributed by atoms with Crippen molar-refractivity contribution in [3.05, 3.63) is 58.7 Å². The molecule has 0 aliphatic heterocycles. The zero-order valence-electron chi connectivity index (χ0n) is 20.3. The van der Waals surface area contributed by atoms with Crippen LogP contribution < -0.4 is 18.9 Å². The van der Waals surface area contributed by atoms with E-state index in [1.165, 1.54) is 0 Å². The van der Waals surface area contributed by atoms with Gasteiger partial charge in [0.05, 0.1) is 27.4 Å². The Bertz CT molecular complexity index is 980. The summed E-state index contributed by atoms with van der Waals surface area (Å²) in [5.41, 5.74) is 3.45. The van der Waals surface area contributed by atoms with E-state index < -0.39 is 0 Å². The molecule has 0 atom stereocenters. The first-order chi connectivity index (χ1) is 17.1. The number of rotatable bonds is 12. The molecule has 0 bridgehead atoms. The first-order valence-corrected chi connectivity index (χ1v) is 14.0. The van der Waals surface area contributed by atoms with Gasteiger partial charge in [-0.1, -0.05) is 44.0 Å². The van der Waals surface area contributed by atoms with Crippen molar-refractivity contribution in [1.82, 2.24) is 0 Å². The molecule has 1 saturated carbocycles. The Balaban J connectivity index is 1.78. The van der Waals surface area contributed by atoms with Gasteiger partial charge < -0.3 is 18.9 Å². The molecule has 0 spiro atoms. The molecule has 2 aromatic carbocycles. The molecular formula is C28H32Br2O5. The van der Waals surface area contributed by atoms with Gasteiger partial charge in [-0.25, -0.2) is 0 Å². The molecule has 0 amide bonds. The van der Waals surface area contributed by atoms with Crippen LogP contribution in [0.25, 0.3) is 12.2 Å². The number of carbonyl (C=O) groups is 1. The highest BCUT2D eigenvalue weighted by Crippen LogP contribution is 2.33. The number of carbonyl (C=O) groups excluding carboxylic acids is 1. The van der Waals surface area contributed by atoms with Gasteiger partial charge >= 0.3 is 0 Å². The molecule has 35 heavy (non-hydrogen) atoms. The minimum absolute atomic E-state index is 0.0875. The number of ether oxygens (including phenoxy) is 4. The summed E-state index contributed by atoms with van der Waals surface area (Å²) in [5, 5.41) is 1.78. The number of alkyl halides is 2. The number of Topliss-reactive ketones (excluding diaryl/α,β-unsaturated/α-hetero) is 1. The van der Waals surface area contributed by atoms with Crippen molar-refractivity contribution in [3.8, 4) is 23.0 Å². The summed E-state index contributed by atoms with van der Waals surface area (Å²) in [4.78, 5) is 13.3. The summed E-state index contributed by atoms with van der Waals surface area (Å²) in [6, 6.07) is 11.6. The van der Waals surface area contributed by atoms with Crippen molar-refractivity contribution < 1.29 is 23.7 Å². The molecule has 0 saturated heterocycles. The number of halogens is 2. The smallest absolute Gasteiger partial charge is 0.185 e. The Morgan fingerprint density at radius 2 is 1.20 bits per heavy atom. The van der Waals surface area contributed by atoms with Gasteiger partial charge in [0.25, 0.3) is 0 Å². The molecule has 1 aliphatic carbocycles. The molecule has 0 radical (unpaired) electrons. The molecule has 1 aliphatic rings. The Labute approximate surface area is 224 Å². The summed E-state index contributed by atoms with van der Waals surface area (Å²) >= 11 is 6.82. The van der Waals surface area contributed by atoms with E-state index in [2.05, 4.69) is 31.9 Å². The molecule has 0 aromatic heterocycles. The Morgan fingerprint density at radius 3 is 1.60 bits per heavy atom. The zero-order chi connectivity index (χ0) is 25.0.